The lowest BCUT2D eigenvalue weighted by molar-refractivity contribution is -0.296. The predicted octanol–water partition coefficient (Wildman–Crippen LogP) is 5.63. The van der Waals surface area contributed by atoms with Gasteiger partial charge in [0.2, 0.25) is 0 Å². The van der Waals surface area contributed by atoms with Crippen LogP contribution in [0.25, 0.3) is 17.0 Å². The number of aryl methyl sites for hydroxylation is 1. The molecule has 0 spiro atoms. The Bertz CT molecular complexity index is 1880. The first-order valence-electron chi connectivity index (χ1n) is 20.5. The van der Waals surface area contributed by atoms with Gasteiger partial charge in [-0.1, -0.05) is 45.1 Å². The van der Waals surface area contributed by atoms with E-state index in [1.165, 1.54) is 6.92 Å². The smallest absolute Gasteiger partial charge is 0.410 e. The first-order valence-corrected chi connectivity index (χ1v) is 20.5. The molecule has 0 saturated carbocycles. The normalized spacial score (nSPS) is 38.2. The molecule has 3 fully saturated rings. The van der Waals surface area contributed by atoms with Gasteiger partial charge < -0.3 is 33.7 Å². The molecule has 312 valence electrons. The first kappa shape index (κ1) is 42.8. The molecule has 1 unspecified atom stereocenters. The molecule has 3 saturated heterocycles. The predicted molar refractivity (Wildman–Crippen MR) is 217 cm³/mol. The summed E-state index contributed by atoms with van der Waals surface area (Å²) in [4.78, 5) is 55.1. The molecule has 57 heavy (non-hydrogen) atoms. The molecule has 4 aliphatic rings. The van der Waals surface area contributed by atoms with Gasteiger partial charge >= 0.3 is 12.1 Å². The molecule has 6 rings (SSSR count). The summed E-state index contributed by atoms with van der Waals surface area (Å²) in [6.07, 6.45) is 0.182. The van der Waals surface area contributed by atoms with Gasteiger partial charge in [0, 0.05) is 41.2 Å². The number of hydrogen-bond donors (Lipinski definition) is 1. The number of hydrogen-bond acceptors (Lipinski definition) is 12. The van der Waals surface area contributed by atoms with Crippen LogP contribution in [0.15, 0.2) is 41.4 Å². The van der Waals surface area contributed by atoms with Gasteiger partial charge in [-0.05, 0) is 98.2 Å². The quantitative estimate of drug-likeness (QED) is 0.275. The number of pyridine rings is 1. The minimum absolute atomic E-state index is 0.160. The van der Waals surface area contributed by atoms with E-state index in [0.717, 1.165) is 27.9 Å². The summed E-state index contributed by atoms with van der Waals surface area (Å²) in [5, 5.41) is 12.7. The van der Waals surface area contributed by atoms with Crippen molar-refractivity contribution >= 4 is 40.5 Å². The van der Waals surface area contributed by atoms with E-state index in [0.29, 0.717) is 25.9 Å². The Balaban J connectivity index is 1.41. The number of aliphatic hydroxyl groups excluding tert-OH is 1. The van der Waals surface area contributed by atoms with Crippen molar-refractivity contribution in [2.45, 2.75) is 129 Å². The number of fused-ring (bicyclic) bond motifs is 2. The topological polar surface area (TPSA) is 149 Å². The number of carbonyl (C=O) groups is 3. The maximum absolute atomic E-state index is 14.5. The average molecular weight is 791 g/mol. The number of benzene rings is 1. The van der Waals surface area contributed by atoms with Gasteiger partial charge in [0.25, 0.3) is 0 Å². The second kappa shape index (κ2) is 16.8. The van der Waals surface area contributed by atoms with Crippen molar-refractivity contribution in [2.75, 3.05) is 33.8 Å². The van der Waals surface area contributed by atoms with E-state index in [-0.39, 0.29) is 30.6 Å². The van der Waals surface area contributed by atoms with E-state index in [1.54, 1.807) is 25.7 Å². The number of carbonyl (C=O) groups excluding carboxylic acids is 3. The Morgan fingerprint density at radius 2 is 1.77 bits per heavy atom. The van der Waals surface area contributed by atoms with E-state index in [9.17, 15) is 19.5 Å². The van der Waals surface area contributed by atoms with Crippen molar-refractivity contribution in [2.24, 2.45) is 28.7 Å². The van der Waals surface area contributed by atoms with Crippen LogP contribution in [0.3, 0.4) is 0 Å². The summed E-state index contributed by atoms with van der Waals surface area (Å²) in [5.74, 6) is -3.73. The van der Waals surface area contributed by atoms with E-state index < -0.39 is 71.5 Å². The summed E-state index contributed by atoms with van der Waals surface area (Å²) in [6, 6.07) is 9.37. The zero-order chi connectivity index (χ0) is 41.6. The van der Waals surface area contributed by atoms with Gasteiger partial charge in [0.1, 0.15) is 18.1 Å². The summed E-state index contributed by atoms with van der Waals surface area (Å²) in [5.41, 5.74) is 1.33. The van der Waals surface area contributed by atoms with Crippen molar-refractivity contribution in [3.05, 3.63) is 47.7 Å². The van der Waals surface area contributed by atoms with Crippen molar-refractivity contribution in [3.63, 3.8) is 0 Å². The zero-order valence-corrected chi connectivity index (χ0v) is 35.4. The molecule has 1 N–H and O–H groups in total. The molecule has 13 atom stereocenters. The van der Waals surface area contributed by atoms with Gasteiger partial charge in [0.05, 0.1) is 42.5 Å². The monoisotopic (exact) mass is 790 g/mol. The largest absolute Gasteiger partial charge is 0.458 e. The Morgan fingerprint density at radius 3 is 2.49 bits per heavy atom. The zero-order valence-electron chi connectivity index (χ0n) is 35.4. The van der Waals surface area contributed by atoms with E-state index in [1.807, 2.05) is 77.0 Å². The summed E-state index contributed by atoms with van der Waals surface area (Å²) < 4.78 is 32.1. The molecule has 4 aliphatic heterocycles. The fourth-order valence-electron chi connectivity index (χ4n) is 9.63. The lowest BCUT2D eigenvalue weighted by atomic mass is 9.73. The Hall–Kier alpha value is -3.75. The van der Waals surface area contributed by atoms with Crippen LogP contribution in [0.1, 0.15) is 79.5 Å². The average Bonchev–Trinajstić information content (AvgIpc) is 3.29. The number of aliphatic imine (C=N–C) groups is 1. The highest BCUT2D eigenvalue weighted by molar-refractivity contribution is 6.00. The number of cyclic esters (lactones) is 1. The summed E-state index contributed by atoms with van der Waals surface area (Å²) in [7, 11) is 3.81. The lowest BCUT2D eigenvalue weighted by Crippen LogP contribution is -2.60. The third kappa shape index (κ3) is 8.55. The maximum Gasteiger partial charge on any atom is 0.410 e. The van der Waals surface area contributed by atoms with Gasteiger partial charge in [-0.15, -0.1) is 0 Å². The van der Waals surface area contributed by atoms with Gasteiger partial charge in [-0.2, -0.15) is 0 Å². The highest BCUT2D eigenvalue weighted by Crippen LogP contribution is 2.43. The molecule has 0 radical (unpaired) electrons. The summed E-state index contributed by atoms with van der Waals surface area (Å²) >= 11 is 0. The van der Waals surface area contributed by atoms with Crippen molar-refractivity contribution in [1.29, 1.82) is 0 Å². The van der Waals surface area contributed by atoms with Gasteiger partial charge in [0.15, 0.2) is 17.7 Å². The van der Waals surface area contributed by atoms with Crippen LogP contribution in [-0.4, -0.2) is 131 Å². The third-order valence-corrected chi connectivity index (χ3v) is 12.9. The molecule has 2 aromatic rings. The van der Waals surface area contributed by atoms with E-state index >= 15 is 0 Å². The van der Waals surface area contributed by atoms with Crippen molar-refractivity contribution < 1.29 is 43.2 Å². The molecule has 1 amide bonds. The summed E-state index contributed by atoms with van der Waals surface area (Å²) in [6.45, 7) is 17.6. The standard InChI is InChI=1S/C44H62N4O9/c1-24-23-43(8,53-20-12-13-31-15-17-33-32(22-31)16-14-25(2)46-33)39(56-41-37(50)34(47(10)11)21-26(3)54-41)28(5)36(49)29(6)40(51)55-30(7)44(9)38-27(4)35(24)45-18-19-48(38)42(52)57-44/h12-17,22,24,26-30,34,37-39,41,50H,18-21,23H2,1-11H3/b13-12+/t24-,26+,27-,28+,29-,30+,34-,37?,38-,39-,41-,43+,44-/m1/s1. The van der Waals surface area contributed by atoms with Crippen LogP contribution < -0.4 is 0 Å². The number of Topliss-reactive ketones (excluding diaryl/α,β-unsaturated/α-hetero) is 1. The molecule has 1 aromatic heterocycles. The molecule has 2 bridgehead atoms. The van der Waals surface area contributed by atoms with Crippen LogP contribution in [-0.2, 0) is 33.3 Å². The number of likely N-dealkylation sites (N-methyl/N-ethyl adjacent to an activating group) is 1. The van der Waals surface area contributed by atoms with Crippen LogP contribution in [0.2, 0.25) is 0 Å². The number of esters is 1. The van der Waals surface area contributed by atoms with Crippen LogP contribution >= 0.6 is 0 Å². The Labute approximate surface area is 337 Å². The van der Waals surface area contributed by atoms with Crippen LogP contribution in [0, 0.1) is 30.6 Å². The lowest BCUT2D eigenvalue weighted by Gasteiger charge is -2.47. The number of aliphatic hydroxyl groups is 1. The molecule has 13 nitrogen and oxygen atoms in total. The molecule has 13 heteroatoms. The van der Waals surface area contributed by atoms with Crippen molar-refractivity contribution in [1.82, 2.24) is 14.8 Å². The fourth-order valence-corrected chi connectivity index (χ4v) is 9.63. The Morgan fingerprint density at radius 1 is 1.04 bits per heavy atom. The van der Waals surface area contributed by atoms with Gasteiger partial charge in [-0.3, -0.25) is 24.5 Å². The minimum Gasteiger partial charge on any atom is -0.458 e. The fraction of sp³-hybridized carbons (Fsp3) is 0.659. The second-order valence-electron chi connectivity index (χ2n) is 17.4. The Kier molecular flexibility index (Phi) is 12.7. The first-order chi connectivity index (χ1) is 26.8. The number of amides is 1. The van der Waals surface area contributed by atoms with Gasteiger partial charge in [-0.25, -0.2) is 4.79 Å². The second-order valence-corrected chi connectivity index (χ2v) is 17.4. The number of aromatic nitrogens is 1. The number of ketones is 1. The minimum atomic E-state index is -1.20. The van der Waals surface area contributed by atoms with Crippen LogP contribution in [0.5, 0.6) is 0 Å². The van der Waals surface area contributed by atoms with E-state index in [4.69, 9.17) is 28.7 Å². The number of nitrogens with zero attached hydrogens (tertiary/aromatic N) is 4. The highest BCUT2D eigenvalue weighted by Gasteiger charge is 2.60. The third-order valence-electron chi connectivity index (χ3n) is 12.9. The molecule has 1 aromatic carbocycles. The highest BCUT2D eigenvalue weighted by atomic mass is 16.7. The number of rotatable bonds is 7. The molecule has 5 heterocycles. The van der Waals surface area contributed by atoms with E-state index in [2.05, 4.69) is 24.0 Å². The van der Waals surface area contributed by atoms with Crippen LogP contribution in [0.4, 0.5) is 4.79 Å². The maximum atomic E-state index is 14.5. The SMILES string of the molecule is Cc1ccc2cc(/C=C/CO[C@@]3(C)C[C@@H](C)C4=NCCN5C(=O)O[C@](C)([C@H](C)OC(=O)[C@H](C)C(=O)[C@H](C)[C@H]3O[C@H]3O[C@@H](C)C[C@@H](N(C)C)C3O)[C@H]5[C@@H]4C)ccc2n1. The molecular formula is C44H62N4O9. The number of ether oxygens (including phenoxy) is 5. The van der Waals surface area contributed by atoms with Crippen molar-refractivity contribution in [3.8, 4) is 0 Å². The molecular weight excluding hydrogens is 729 g/mol. The molecule has 0 aliphatic carbocycles.